The number of pyridine rings is 1. The Morgan fingerprint density at radius 3 is 2.68 bits per heavy atom. The molecule has 0 aliphatic heterocycles. The summed E-state index contributed by atoms with van der Waals surface area (Å²) in [6.45, 7) is 5.97. The third-order valence-corrected chi connectivity index (χ3v) is 3.64. The van der Waals surface area contributed by atoms with Crippen molar-refractivity contribution in [2.45, 2.75) is 45.6 Å². The number of nitrogens with zero attached hydrogens (tertiary/aromatic N) is 4. The quantitative estimate of drug-likeness (QED) is 0.820. The van der Waals surface area contributed by atoms with Crippen LogP contribution in [0.25, 0.3) is 0 Å². The fourth-order valence-corrected chi connectivity index (χ4v) is 2.03. The topological polar surface area (TPSA) is 72.1 Å². The largest absolute Gasteiger partial charge is 0.339 e. The van der Waals surface area contributed by atoms with Crippen molar-refractivity contribution < 1.29 is 9.32 Å². The molecule has 0 saturated heterocycles. The van der Waals surface area contributed by atoms with Crippen LogP contribution in [0.3, 0.4) is 0 Å². The molecule has 2 heterocycles. The minimum atomic E-state index is -0.0670. The summed E-state index contributed by atoms with van der Waals surface area (Å²) in [5.41, 5.74) is 0.873. The van der Waals surface area contributed by atoms with Gasteiger partial charge in [-0.2, -0.15) is 4.98 Å². The molecule has 6 nitrogen and oxygen atoms in total. The first-order valence-corrected chi connectivity index (χ1v) is 7.48. The number of amides is 1. The van der Waals surface area contributed by atoms with Crippen molar-refractivity contribution in [3.8, 4) is 0 Å². The van der Waals surface area contributed by atoms with Gasteiger partial charge in [0.25, 0.3) is 0 Å². The van der Waals surface area contributed by atoms with Gasteiger partial charge in [-0.1, -0.05) is 25.1 Å². The molecular weight excluding hydrogens is 280 g/mol. The van der Waals surface area contributed by atoms with E-state index in [0.717, 1.165) is 5.69 Å². The molecule has 2 aromatic rings. The molecule has 0 N–H and O–H groups in total. The average Bonchev–Trinajstić information content (AvgIpc) is 3.01. The minimum absolute atomic E-state index is 0.0300. The predicted octanol–water partition coefficient (Wildman–Crippen LogP) is 2.74. The maximum atomic E-state index is 12.3. The van der Waals surface area contributed by atoms with Gasteiger partial charge in [-0.15, -0.1) is 0 Å². The number of aryl methyl sites for hydroxylation is 1. The fourth-order valence-electron chi connectivity index (χ4n) is 2.03. The summed E-state index contributed by atoms with van der Waals surface area (Å²) in [6.07, 6.45) is 2.53. The molecule has 22 heavy (non-hydrogen) atoms. The normalized spacial score (nSPS) is 12.4. The maximum absolute atomic E-state index is 12.3. The van der Waals surface area contributed by atoms with Crippen molar-refractivity contribution in [3.05, 3.63) is 41.8 Å². The highest BCUT2D eigenvalue weighted by Crippen LogP contribution is 2.17. The molecule has 6 heteroatoms. The molecule has 0 spiro atoms. The summed E-state index contributed by atoms with van der Waals surface area (Å²) < 4.78 is 5.16. The molecule has 1 atom stereocenters. The van der Waals surface area contributed by atoms with Crippen LogP contribution in [-0.4, -0.2) is 33.0 Å². The summed E-state index contributed by atoms with van der Waals surface area (Å²) in [4.78, 5) is 22.5. The van der Waals surface area contributed by atoms with E-state index in [1.807, 2.05) is 39.0 Å². The lowest BCUT2D eigenvalue weighted by atomic mass is 10.1. The molecule has 0 aromatic carbocycles. The summed E-state index contributed by atoms with van der Waals surface area (Å²) in [7, 11) is 1.79. The van der Waals surface area contributed by atoms with Gasteiger partial charge in [0.2, 0.25) is 11.8 Å². The molecule has 1 amide bonds. The molecule has 0 aliphatic carbocycles. The van der Waals surface area contributed by atoms with Crippen molar-refractivity contribution in [2.75, 3.05) is 7.05 Å². The fraction of sp³-hybridized carbons (Fsp3) is 0.500. The van der Waals surface area contributed by atoms with E-state index in [1.54, 1.807) is 18.1 Å². The van der Waals surface area contributed by atoms with Gasteiger partial charge in [0.05, 0.1) is 11.7 Å². The Morgan fingerprint density at radius 1 is 1.32 bits per heavy atom. The highest BCUT2D eigenvalue weighted by Gasteiger charge is 2.19. The molecule has 0 bridgehead atoms. The first-order valence-electron chi connectivity index (χ1n) is 7.48. The molecular formula is C16H22N4O2. The zero-order valence-electron chi connectivity index (χ0n) is 13.5. The Kier molecular flexibility index (Phi) is 5.25. The summed E-state index contributed by atoms with van der Waals surface area (Å²) in [5, 5.41) is 3.90. The third-order valence-electron chi connectivity index (χ3n) is 3.64. The molecule has 1 unspecified atom stereocenters. The van der Waals surface area contributed by atoms with Gasteiger partial charge in [-0.25, -0.2) is 0 Å². The van der Waals surface area contributed by atoms with E-state index in [4.69, 9.17) is 4.52 Å². The van der Waals surface area contributed by atoms with Crippen molar-refractivity contribution in [1.82, 2.24) is 20.0 Å². The van der Waals surface area contributed by atoms with Crippen molar-refractivity contribution in [3.63, 3.8) is 0 Å². The SMILES string of the molecule is CC(C)c1noc(CCC(=O)N(C)C(C)c2ccccn2)n1. The van der Waals surface area contributed by atoms with Crippen LogP contribution in [0.5, 0.6) is 0 Å². The predicted molar refractivity (Wildman–Crippen MR) is 82.1 cm³/mol. The van der Waals surface area contributed by atoms with E-state index in [0.29, 0.717) is 24.6 Å². The Morgan fingerprint density at radius 2 is 2.09 bits per heavy atom. The second-order valence-corrected chi connectivity index (χ2v) is 5.64. The Hall–Kier alpha value is -2.24. The summed E-state index contributed by atoms with van der Waals surface area (Å²) in [5.74, 6) is 1.44. The van der Waals surface area contributed by atoms with E-state index in [2.05, 4.69) is 15.1 Å². The molecule has 2 aromatic heterocycles. The highest BCUT2D eigenvalue weighted by molar-refractivity contribution is 5.76. The van der Waals surface area contributed by atoms with Crippen LogP contribution in [0, 0.1) is 0 Å². The molecule has 0 fully saturated rings. The van der Waals surface area contributed by atoms with Crippen LogP contribution in [0.4, 0.5) is 0 Å². The van der Waals surface area contributed by atoms with Crippen LogP contribution in [-0.2, 0) is 11.2 Å². The number of hydrogen-bond acceptors (Lipinski definition) is 5. The molecule has 0 radical (unpaired) electrons. The number of aromatic nitrogens is 3. The van der Waals surface area contributed by atoms with Crippen molar-refractivity contribution >= 4 is 5.91 Å². The summed E-state index contributed by atoms with van der Waals surface area (Å²) in [6, 6.07) is 5.63. The molecule has 0 aliphatic rings. The van der Waals surface area contributed by atoms with E-state index < -0.39 is 0 Å². The van der Waals surface area contributed by atoms with Gasteiger partial charge in [0.1, 0.15) is 0 Å². The van der Waals surface area contributed by atoms with Crippen LogP contribution < -0.4 is 0 Å². The first kappa shape index (κ1) is 16.1. The van der Waals surface area contributed by atoms with Gasteiger partial charge in [0, 0.05) is 32.0 Å². The monoisotopic (exact) mass is 302 g/mol. The number of carbonyl (C=O) groups is 1. The van der Waals surface area contributed by atoms with Crippen molar-refractivity contribution in [1.29, 1.82) is 0 Å². The van der Waals surface area contributed by atoms with Gasteiger partial charge >= 0.3 is 0 Å². The van der Waals surface area contributed by atoms with E-state index in [9.17, 15) is 4.79 Å². The maximum Gasteiger partial charge on any atom is 0.227 e. The Labute approximate surface area is 130 Å². The Balaban J connectivity index is 1.91. The van der Waals surface area contributed by atoms with Gasteiger partial charge in [-0.05, 0) is 19.1 Å². The number of rotatable bonds is 6. The highest BCUT2D eigenvalue weighted by atomic mass is 16.5. The van der Waals surface area contributed by atoms with Crippen molar-refractivity contribution in [2.24, 2.45) is 0 Å². The van der Waals surface area contributed by atoms with E-state index in [-0.39, 0.29) is 17.9 Å². The minimum Gasteiger partial charge on any atom is -0.339 e. The zero-order valence-corrected chi connectivity index (χ0v) is 13.5. The van der Waals surface area contributed by atoms with Gasteiger partial charge in [-0.3, -0.25) is 9.78 Å². The van der Waals surface area contributed by atoms with Crippen LogP contribution >= 0.6 is 0 Å². The molecule has 118 valence electrons. The average molecular weight is 302 g/mol. The molecule has 0 saturated carbocycles. The third kappa shape index (κ3) is 3.90. The summed E-state index contributed by atoms with van der Waals surface area (Å²) >= 11 is 0. The second-order valence-electron chi connectivity index (χ2n) is 5.64. The lowest BCUT2D eigenvalue weighted by Crippen LogP contribution is -2.30. The number of hydrogen-bond donors (Lipinski definition) is 0. The number of carbonyl (C=O) groups excluding carboxylic acids is 1. The standard InChI is InChI=1S/C16H22N4O2/c1-11(2)16-18-14(22-19-16)8-9-15(21)20(4)12(3)13-7-5-6-10-17-13/h5-7,10-12H,8-9H2,1-4H3. The zero-order chi connectivity index (χ0) is 16.1. The smallest absolute Gasteiger partial charge is 0.227 e. The van der Waals surface area contributed by atoms with Gasteiger partial charge < -0.3 is 9.42 Å². The van der Waals surface area contributed by atoms with E-state index >= 15 is 0 Å². The second kappa shape index (κ2) is 7.15. The lowest BCUT2D eigenvalue weighted by Gasteiger charge is -2.24. The van der Waals surface area contributed by atoms with E-state index in [1.165, 1.54) is 0 Å². The van der Waals surface area contributed by atoms with Crippen LogP contribution in [0.2, 0.25) is 0 Å². The first-order chi connectivity index (χ1) is 10.5. The molecule has 2 rings (SSSR count). The lowest BCUT2D eigenvalue weighted by molar-refractivity contribution is -0.131. The van der Waals surface area contributed by atoms with Crippen LogP contribution in [0.1, 0.15) is 56.6 Å². The van der Waals surface area contributed by atoms with Gasteiger partial charge in [0.15, 0.2) is 5.82 Å². The van der Waals surface area contributed by atoms with Crippen LogP contribution in [0.15, 0.2) is 28.9 Å². The Bertz CT molecular complexity index is 610.